The lowest BCUT2D eigenvalue weighted by Gasteiger charge is -2.21. The largest absolute Gasteiger partial charge is 0.294 e. The number of aromatic nitrogens is 2. The van der Waals surface area contributed by atoms with Gasteiger partial charge in [-0.3, -0.25) is 4.57 Å². The molecule has 45 heavy (non-hydrogen) atoms. The molecule has 0 unspecified atom stereocenters. The van der Waals surface area contributed by atoms with Gasteiger partial charge in [0, 0.05) is 0 Å². The maximum Gasteiger partial charge on any atom is 0.210 e. The molecule has 0 atom stereocenters. The summed E-state index contributed by atoms with van der Waals surface area (Å²) in [6, 6.07) is 47.3. The second-order valence-corrected chi connectivity index (χ2v) is 13.5. The molecule has 5 heteroatoms. The highest BCUT2D eigenvalue weighted by atomic mass is 32.2. The van der Waals surface area contributed by atoms with Crippen LogP contribution in [0.4, 0.5) is 0 Å². The zero-order valence-electron chi connectivity index (χ0n) is 24.4. The molecule has 0 spiro atoms. The fourth-order valence-electron chi connectivity index (χ4n) is 7.13. The third-order valence-electron chi connectivity index (χ3n) is 9.07. The van der Waals surface area contributed by atoms with E-state index in [1.54, 1.807) is 12.1 Å². The Labute approximate surface area is 260 Å². The second kappa shape index (κ2) is 9.49. The van der Waals surface area contributed by atoms with Gasteiger partial charge >= 0.3 is 0 Å². The van der Waals surface area contributed by atoms with Gasteiger partial charge in [-0.1, -0.05) is 109 Å². The number of aryl methyl sites for hydroxylation is 1. The molecule has 0 radical (unpaired) electrons. The summed E-state index contributed by atoms with van der Waals surface area (Å²) < 4.78 is 30.0. The molecule has 4 nitrogen and oxygen atoms in total. The van der Waals surface area contributed by atoms with Crippen LogP contribution >= 0.6 is 0 Å². The summed E-state index contributed by atoms with van der Waals surface area (Å²) in [5, 5.41) is 4.65. The molecule has 1 aromatic heterocycles. The number of benzene rings is 7. The van der Waals surface area contributed by atoms with Crippen LogP contribution in [0, 0.1) is 6.92 Å². The highest BCUT2D eigenvalue weighted by Gasteiger charge is 2.33. The molecule has 0 bridgehead atoms. The first-order chi connectivity index (χ1) is 22.0. The minimum atomic E-state index is -3.75. The van der Waals surface area contributed by atoms with Gasteiger partial charge in [0.2, 0.25) is 9.84 Å². The van der Waals surface area contributed by atoms with E-state index < -0.39 is 9.84 Å². The Bertz CT molecular complexity index is 2600. The average Bonchev–Trinajstić information content (AvgIpc) is 3.42. The Morgan fingerprint density at radius 2 is 1.09 bits per heavy atom. The summed E-state index contributed by atoms with van der Waals surface area (Å²) in [4.78, 5) is 5.26. The third kappa shape index (κ3) is 3.71. The predicted octanol–water partition coefficient (Wildman–Crippen LogP) is 9.79. The second-order valence-electron chi connectivity index (χ2n) is 11.6. The number of sulfone groups is 1. The molecule has 0 N–H and O–H groups in total. The minimum absolute atomic E-state index is 0.299. The van der Waals surface area contributed by atoms with E-state index in [2.05, 4.69) is 96.0 Å². The van der Waals surface area contributed by atoms with Crippen molar-refractivity contribution in [3.05, 3.63) is 145 Å². The number of imidazole rings is 1. The van der Waals surface area contributed by atoms with Crippen molar-refractivity contribution >= 4 is 42.4 Å². The van der Waals surface area contributed by atoms with Crippen LogP contribution in [0.1, 0.15) is 5.82 Å². The van der Waals surface area contributed by atoms with Gasteiger partial charge in [0.15, 0.2) is 0 Å². The molecule has 9 rings (SSSR count). The lowest BCUT2D eigenvalue weighted by molar-refractivity contribution is 0.594. The van der Waals surface area contributed by atoms with Gasteiger partial charge in [0.05, 0.1) is 26.5 Å². The van der Waals surface area contributed by atoms with Gasteiger partial charge in [0.1, 0.15) is 5.82 Å². The van der Waals surface area contributed by atoms with Crippen molar-refractivity contribution in [1.82, 2.24) is 9.55 Å². The van der Waals surface area contributed by atoms with E-state index in [0.717, 1.165) is 38.9 Å². The van der Waals surface area contributed by atoms with E-state index in [4.69, 9.17) is 0 Å². The van der Waals surface area contributed by atoms with Crippen molar-refractivity contribution in [3.8, 4) is 39.1 Å². The number of rotatable bonds is 3. The maximum absolute atomic E-state index is 14.0. The molecule has 2 heterocycles. The fourth-order valence-corrected chi connectivity index (χ4v) is 8.79. The van der Waals surface area contributed by atoms with Crippen molar-refractivity contribution < 1.29 is 8.42 Å². The Kier molecular flexibility index (Phi) is 5.47. The van der Waals surface area contributed by atoms with Crippen LogP contribution < -0.4 is 0 Å². The summed E-state index contributed by atoms with van der Waals surface area (Å²) in [6.45, 7) is 1.92. The van der Waals surface area contributed by atoms with Crippen LogP contribution in [-0.2, 0) is 9.84 Å². The molecule has 7 aromatic carbocycles. The van der Waals surface area contributed by atoms with Gasteiger partial charge in [0.25, 0.3) is 0 Å². The monoisotopic (exact) mass is 598 g/mol. The first kappa shape index (κ1) is 25.9. The van der Waals surface area contributed by atoms with Crippen LogP contribution in [0.25, 0.3) is 71.6 Å². The van der Waals surface area contributed by atoms with E-state index in [-0.39, 0.29) is 0 Å². The Morgan fingerprint density at radius 3 is 1.78 bits per heavy atom. The van der Waals surface area contributed by atoms with Crippen molar-refractivity contribution in [1.29, 1.82) is 0 Å². The highest BCUT2D eigenvalue weighted by molar-refractivity contribution is 7.92. The Morgan fingerprint density at radius 1 is 0.511 bits per heavy atom. The number of hydrogen-bond donors (Lipinski definition) is 0. The van der Waals surface area contributed by atoms with Gasteiger partial charge in [-0.05, 0) is 92.2 Å². The van der Waals surface area contributed by atoms with Crippen molar-refractivity contribution in [3.63, 3.8) is 0 Å². The number of hydrogen-bond acceptors (Lipinski definition) is 3. The summed E-state index contributed by atoms with van der Waals surface area (Å²) in [6.07, 6.45) is 0. The Balaban J connectivity index is 1.34. The van der Waals surface area contributed by atoms with Crippen LogP contribution in [0.15, 0.2) is 149 Å². The summed E-state index contributed by atoms with van der Waals surface area (Å²) in [7, 11) is -3.75. The SMILES string of the molecule is Cc1nc2cccc3c2n1-c1ccc(-c2ccc4c(-c5ccccc5)c5ccccc5c(-c5ccccc5)c4c2)cc1S3(=O)=O. The molecule has 0 saturated carbocycles. The number of fused-ring (bicyclic) bond motifs is 4. The Hall–Kier alpha value is -5.52. The molecule has 0 saturated heterocycles. The van der Waals surface area contributed by atoms with E-state index in [0.29, 0.717) is 26.5 Å². The fraction of sp³-hybridized carbons (Fsp3) is 0.0250. The number of para-hydroxylation sites is 1. The van der Waals surface area contributed by atoms with E-state index in [9.17, 15) is 8.42 Å². The zero-order valence-corrected chi connectivity index (χ0v) is 25.2. The van der Waals surface area contributed by atoms with E-state index in [1.165, 1.54) is 21.9 Å². The van der Waals surface area contributed by atoms with Crippen molar-refractivity contribution in [2.75, 3.05) is 0 Å². The summed E-state index contributed by atoms with van der Waals surface area (Å²) in [5.74, 6) is 0.764. The minimum Gasteiger partial charge on any atom is -0.294 e. The molecule has 0 fully saturated rings. The average molecular weight is 599 g/mol. The van der Waals surface area contributed by atoms with E-state index in [1.807, 2.05) is 47.9 Å². The topological polar surface area (TPSA) is 52.0 Å². The molecule has 8 aromatic rings. The van der Waals surface area contributed by atoms with Crippen LogP contribution in [0.5, 0.6) is 0 Å². The van der Waals surface area contributed by atoms with Crippen LogP contribution in [-0.4, -0.2) is 18.0 Å². The zero-order chi connectivity index (χ0) is 30.3. The molecule has 0 amide bonds. The van der Waals surface area contributed by atoms with Gasteiger partial charge < -0.3 is 0 Å². The smallest absolute Gasteiger partial charge is 0.210 e. The maximum atomic E-state index is 14.0. The molecular formula is C40H26N2O2S. The molecule has 1 aliphatic heterocycles. The molecule has 1 aliphatic rings. The van der Waals surface area contributed by atoms with Gasteiger partial charge in [-0.15, -0.1) is 0 Å². The molecular weight excluding hydrogens is 573 g/mol. The molecule has 0 aliphatic carbocycles. The number of nitrogens with zero attached hydrogens (tertiary/aromatic N) is 2. The first-order valence-electron chi connectivity index (χ1n) is 15.0. The van der Waals surface area contributed by atoms with Crippen LogP contribution in [0.2, 0.25) is 0 Å². The molecule has 214 valence electrons. The summed E-state index contributed by atoms with van der Waals surface area (Å²) >= 11 is 0. The van der Waals surface area contributed by atoms with E-state index >= 15 is 0 Å². The van der Waals surface area contributed by atoms with Gasteiger partial charge in [-0.2, -0.15) is 0 Å². The highest BCUT2D eigenvalue weighted by Crippen LogP contribution is 2.46. The first-order valence-corrected chi connectivity index (χ1v) is 16.5. The summed E-state index contributed by atoms with van der Waals surface area (Å²) in [5.41, 5.74) is 8.43. The lowest BCUT2D eigenvalue weighted by Crippen LogP contribution is -2.15. The van der Waals surface area contributed by atoms with Crippen molar-refractivity contribution in [2.45, 2.75) is 16.7 Å². The van der Waals surface area contributed by atoms with Crippen LogP contribution in [0.3, 0.4) is 0 Å². The van der Waals surface area contributed by atoms with Gasteiger partial charge in [-0.25, -0.2) is 13.4 Å². The predicted molar refractivity (Wildman–Crippen MR) is 183 cm³/mol. The third-order valence-corrected chi connectivity index (χ3v) is 10.9. The normalized spacial score (nSPS) is 13.4. The standard InChI is InChI=1S/C40H26N2O2S/c1-25-41-34-17-10-18-36-40(34)42(25)35-22-20-29(24-37(35)45(36,43)44)28-19-21-32-33(23-28)39(27-13-6-3-7-14-27)31-16-9-8-15-30(31)38(32)26-11-4-2-5-12-26/h2-24H,1H3. The lowest BCUT2D eigenvalue weighted by atomic mass is 9.85. The quantitative estimate of drug-likeness (QED) is 0.190. The van der Waals surface area contributed by atoms with Crippen molar-refractivity contribution in [2.24, 2.45) is 0 Å².